The predicted molar refractivity (Wildman–Crippen MR) is 111 cm³/mol. The fourth-order valence-electron chi connectivity index (χ4n) is 2.00. The van der Waals surface area contributed by atoms with E-state index in [0.717, 1.165) is 38.7 Å². The van der Waals surface area contributed by atoms with E-state index in [2.05, 4.69) is 58.9 Å². The Bertz CT molecular complexity index is 437. The zero-order valence-corrected chi connectivity index (χ0v) is 18.0. The monoisotopic (exact) mass is 454 g/mol. The number of likely N-dealkylation sites (N-methyl/N-ethyl adjacent to an activating group) is 1. The fraction of sp³-hybridized carbons (Fsp3) is 0.688. The van der Waals surface area contributed by atoms with Gasteiger partial charge in [0, 0.05) is 50.6 Å². The van der Waals surface area contributed by atoms with Gasteiger partial charge in [0.2, 0.25) is 0 Å². The van der Waals surface area contributed by atoms with Gasteiger partial charge < -0.3 is 20.3 Å². The lowest BCUT2D eigenvalue weighted by Gasteiger charge is -2.25. The van der Waals surface area contributed by atoms with Gasteiger partial charge in [-0.1, -0.05) is 19.9 Å². The number of hydrogen-bond acceptors (Lipinski definition) is 4. The smallest absolute Gasteiger partial charge is 0.191 e. The molecule has 0 atom stereocenters. The molecule has 7 heteroatoms. The van der Waals surface area contributed by atoms with Crippen LogP contribution in [0.5, 0.6) is 0 Å². The van der Waals surface area contributed by atoms with Gasteiger partial charge in [0.25, 0.3) is 0 Å². The molecule has 0 unspecified atom stereocenters. The normalized spacial score (nSPS) is 12.2. The van der Waals surface area contributed by atoms with E-state index < -0.39 is 0 Å². The van der Waals surface area contributed by atoms with Crippen LogP contribution in [0.2, 0.25) is 0 Å². The Morgan fingerprint density at radius 3 is 2.65 bits per heavy atom. The molecule has 1 aromatic heterocycles. The molecule has 23 heavy (non-hydrogen) atoms. The van der Waals surface area contributed by atoms with Gasteiger partial charge in [-0.2, -0.15) is 0 Å². The van der Waals surface area contributed by atoms with Crippen molar-refractivity contribution in [2.24, 2.45) is 4.99 Å². The minimum absolute atomic E-state index is 0. The first-order valence-corrected chi connectivity index (χ1v) is 8.53. The van der Waals surface area contributed by atoms with Crippen molar-refractivity contribution in [2.75, 3.05) is 54.0 Å². The number of halogens is 1. The summed E-state index contributed by atoms with van der Waals surface area (Å²) in [4.78, 5) is 7.91. The maximum absolute atomic E-state index is 5.08. The Morgan fingerprint density at radius 1 is 1.35 bits per heavy atom. The van der Waals surface area contributed by atoms with Crippen molar-refractivity contribution in [1.29, 1.82) is 0 Å². The van der Waals surface area contributed by atoms with Crippen molar-refractivity contribution in [1.82, 2.24) is 15.5 Å². The van der Waals surface area contributed by atoms with Gasteiger partial charge in [-0.15, -0.1) is 35.3 Å². The molecule has 0 fully saturated rings. The largest absolute Gasteiger partial charge is 0.383 e. The van der Waals surface area contributed by atoms with E-state index in [1.165, 1.54) is 4.88 Å². The van der Waals surface area contributed by atoms with E-state index in [0.29, 0.717) is 0 Å². The lowest BCUT2D eigenvalue weighted by molar-refractivity contribution is 0.162. The Morgan fingerprint density at radius 2 is 2.09 bits per heavy atom. The average Bonchev–Trinajstić information content (AvgIpc) is 3.03. The minimum atomic E-state index is 0. The number of ether oxygens (including phenoxy) is 1. The summed E-state index contributed by atoms with van der Waals surface area (Å²) in [6.07, 6.45) is 0. The number of aliphatic imine (C=N–C) groups is 1. The van der Waals surface area contributed by atoms with E-state index >= 15 is 0 Å². The molecular weight excluding hydrogens is 423 g/mol. The number of hydrogen-bond donors (Lipinski definition) is 2. The molecule has 2 N–H and O–H groups in total. The van der Waals surface area contributed by atoms with Gasteiger partial charge in [-0.3, -0.25) is 4.99 Å². The van der Waals surface area contributed by atoms with Gasteiger partial charge in [0.15, 0.2) is 5.96 Å². The lowest BCUT2D eigenvalue weighted by Crippen LogP contribution is -2.45. The van der Waals surface area contributed by atoms with Crippen LogP contribution in [-0.2, 0) is 10.2 Å². The molecule has 0 aliphatic carbocycles. The molecule has 0 aromatic carbocycles. The molecule has 0 saturated heterocycles. The summed E-state index contributed by atoms with van der Waals surface area (Å²) in [6, 6.07) is 4.29. The third-order valence-corrected chi connectivity index (χ3v) is 4.81. The predicted octanol–water partition coefficient (Wildman–Crippen LogP) is 2.39. The van der Waals surface area contributed by atoms with Gasteiger partial charge in [-0.05, 0) is 18.5 Å². The number of rotatable bonds is 9. The Labute approximate surface area is 161 Å². The number of methoxy groups -OCH3 is 1. The van der Waals surface area contributed by atoms with Crippen LogP contribution in [0.15, 0.2) is 22.5 Å². The maximum atomic E-state index is 5.08. The van der Waals surface area contributed by atoms with E-state index in [1.54, 1.807) is 18.4 Å². The molecule has 1 heterocycles. The number of guanidine groups is 1. The quantitative estimate of drug-likeness (QED) is 0.342. The van der Waals surface area contributed by atoms with E-state index in [9.17, 15) is 0 Å². The van der Waals surface area contributed by atoms with Gasteiger partial charge in [-0.25, -0.2) is 0 Å². The fourth-order valence-corrected chi connectivity index (χ4v) is 2.85. The Hall–Kier alpha value is -0.380. The first kappa shape index (κ1) is 22.6. The average molecular weight is 454 g/mol. The molecule has 0 aliphatic heterocycles. The maximum Gasteiger partial charge on any atom is 0.191 e. The first-order valence-electron chi connectivity index (χ1n) is 7.65. The second-order valence-corrected chi connectivity index (χ2v) is 6.96. The van der Waals surface area contributed by atoms with E-state index in [-0.39, 0.29) is 29.4 Å². The third kappa shape index (κ3) is 8.88. The van der Waals surface area contributed by atoms with Gasteiger partial charge in [0.1, 0.15) is 0 Å². The van der Waals surface area contributed by atoms with Crippen LogP contribution >= 0.6 is 35.3 Å². The lowest BCUT2D eigenvalue weighted by atomic mass is 9.91. The highest BCUT2D eigenvalue weighted by Gasteiger charge is 2.21. The molecule has 5 nitrogen and oxygen atoms in total. The molecule has 0 aliphatic rings. The summed E-state index contributed by atoms with van der Waals surface area (Å²) in [5, 5.41) is 8.90. The van der Waals surface area contributed by atoms with Crippen molar-refractivity contribution < 1.29 is 4.74 Å². The van der Waals surface area contributed by atoms with Crippen LogP contribution < -0.4 is 10.6 Å². The topological polar surface area (TPSA) is 48.9 Å². The van der Waals surface area contributed by atoms with Crippen LogP contribution in [0.3, 0.4) is 0 Å². The summed E-state index contributed by atoms with van der Waals surface area (Å²) >= 11 is 1.80. The summed E-state index contributed by atoms with van der Waals surface area (Å²) in [6.45, 7) is 8.87. The third-order valence-electron chi connectivity index (χ3n) is 3.57. The molecule has 134 valence electrons. The van der Waals surface area contributed by atoms with Crippen molar-refractivity contribution in [3.8, 4) is 0 Å². The molecule has 0 spiro atoms. The Balaban J connectivity index is 0.00000484. The van der Waals surface area contributed by atoms with E-state index in [1.807, 2.05) is 7.05 Å². The Kier molecular flexibility index (Phi) is 11.9. The second-order valence-electron chi connectivity index (χ2n) is 6.01. The van der Waals surface area contributed by atoms with Crippen LogP contribution in [0, 0.1) is 0 Å². The summed E-state index contributed by atoms with van der Waals surface area (Å²) < 4.78 is 5.08. The number of thiophene rings is 1. The molecule has 0 amide bonds. The highest BCUT2D eigenvalue weighted by Crippen LogP contribution is 2.26. The standard InChI is InChI=1S/C16H30N4OS.HI/c1-16(2,14-7-6-12-22-14)13-19-15(17-3)18-8-9-20(4)10-11-21-5;/h6-7,12H,8-11,13H2,1-5H3,(H2,17,18,19);1H. The van der Waals surface area contributed by atoms with Crippen molar-refractivity contribution >= 4 is 41.3 Å². The molecule has 1 rings (SSSR count). The zero-order valence-electron chi connectivity index (χ0n) is 14.9. The summed E-state index contributed by atoms with van der Waals surface area (Å²) in [7, 11) is 5.63. The van der Waals surface area contributed by atoms with Crippen molar-refractivity contribution in [2.45, 2.75) is 19.3 Å². The number of nitrogens with one attached hydrogen (secondary N) is 2. The molecule has 0 saturated carbocycles. The van der Waals surface area contributed by atoms with Gasteiger partial charge >= 0.3 is 0 Å². The second kappa shape index (κ2) is 12.0. The molecule has 0 radical (unpaired) electrons. The van der Waals surface area contributed by atoms with Crippen molar-refractivity contribution in [3.63, 3.8) is 0 Å². The SMILES string of the molecule is CN=C(NCCN(C)CCOC)NCC(C)(C)c1cccs1.I. The van der Waals surface area contributed by atoms with Crippen molar-refractivity contribution in [3.05, 3.63) is 22.4 Å². The molecule has 1 aromatic rings. The van der Waals surface area contributed by atoms with Crippen LogP contribution in [0.1, 0.15) is 18.7 Å². The number of nitrogens with zero attached hydrogens (tertiary/aromatic N) is 2. The van der Waals surface area contributed by atoms with Crippen LogP contribution in [0.4, 0.5) is 0 Å². The summed E-state index contributed by atoms with van der Waals surface area (Å²) in [5.74, 6) is 0.852. The molecule has 0 bridgehead atoms. The molecular formula is C16H31IN4OS. The zero-order chi connectivity index (χ0) is 16.4. The highest BCUT2D eigenvalue weighted by molar-refractivity contribution is 14.0. The van der Waals surface area contributed by atoms with Crippen LogP contribution in [0.25, 0.3) is 0 Å². The minimum Gasteiger partial charge on any atom is -0.383 e. The van der Waals surface area contributed by atoms with Gasteiger partial charge in [0.05, 0.1) is 6.61 Å². The highest BCUT2D eigenvalue weighted by atomic mass is 127. The summed E-state index contributed by atoms with van der Waals surface area (Å²) in [5.41, 5.74) is 0.0983. The van der Waals surface area contributed by atoms with E-state index in [4.69, 9.17) is 4.74 Å². The first-order chi connectivity index (χ1) is 10.5. The van der Waals surface area contributed by atoms with Crippen LogP contribution in [-0.4, -0.2) is 64.9 Å².